The number of aryl methyl sites for hydroxylation is 1. The summed E-state index contributed by atoms with van der Waals surface area (Å²) in [4.78, 5) is 32.1. The molecular weight excluding hydrogens is 358 g/mol. The number of carbonyl (C=O) groups is 2. The molecule has 0 spiro atoms. The van der Waals surface area contributed by atoms with Crippen molar-refractivity contribution in [2.45, 2.75) is 38.6 Å². The molecule has 154 valence electrons. The maximum Gasteiger partial charge on any atom is 0.274 e. The zero-order chi connectivity index (χ0) is 19.5. The molecule has 2 saturated heterocycles. The van der Waals surface area contributed by atoms with Crippen molar-refractivity contribution >= 4 is 11.8 Å². The number of morpholine rings is 1. The van der Waals surface area contributed by atoms with Gasteiger partial charge in [0.05, 0.1) is 13.2 Å². The molecule has 1 aliphatic carbocycles. The summed E-state index contributed by atoms with van der Waals surface area (Å²) in [6.45, 7) is 8.25. The van der Waals surface area contributed by atoms with Crippen LogP contribution in [0.15, 0.2) is 6.07 Å². The second-order valence-electron chi connectivity index (χ2n) is 8.24. The van der Waals surface area contributed by atoms with E-state index in [1.807, 2.05) is 11.8 Å². The van der Waals surface area contributed by atoms with Gasteiger partial charge in [0.1, 0.15) is 5.69 Å². The predicted molar refractivity (Wildman–Crippen MR) is 104 cm³/mol. The van der Waals surface area contributed by atoms with Crippen molar-refractivity contribution in [3.63, 3.8) is 0 Å². The first kappa shape index (κ1) is 19.4. The molecule has 4 rings (SSSR count). The highest BCUT2D eigenvalue weighted by molar-refractivity contribution is 5.92. The van der Waals surface area contributed by atoms with Gasteiger partial charge in [-0.3, -0.25) is 19.6 Å². The zero-order valence-electron chi connectivity index (χ0n) is 16.7. The molecule has 3 aliphatic rings. The van der Waals surface area contributed by atoms with Gasteiger partial charge >= 0.3 is 0 Å². The summed E-state index contributed by atoms with van der Waals surface area (Å²) in [7, 11) is 0. The summed E-state index contributed by atoms with van der Waals surface area (Å²) >= 11 is 0. The van der Waals surface area contributed by atoms with Crippen molar-refractivity contribution in [1.29, 1.82) is 0 Å². The molecule has 28 heavy (non-hydrogen) atoms. The summed E-state index contributed by atoms with van der Waals surface area (Å²) in [5.74, 6) is 0.439. The van der Waals surface area contributed by atoms with Crippen LogP contribution in [0.25, 0.3) is 0 Å². The van der Waals surface area contributed by atoms with Gasteiger partial charge in [-0.1, -0.05) is 0 Å². The van der Waals surface area contributed by atoms with Crippen LogP contribution in [0.1, 0.15) is 41.9 Å². The first-order valence-electron chi connectivity index (χ1n) is 10.5. The van der Waals surface area contributed by atoms with E-state index in [1.165, 1.54) is 0 Å². The molecule has 1 aromatic rings. The number of amides is 2. The van der Waals surface area contributed by atoms with Gasteiger partial charge in [-0.15, -0.1) is 0 Å². The molecule has 1 aromatic heterocycles. The predicted octanol–water partition coefficient (Wildman–Crippen LogP) is 0.894. The molecule has 1 N–H and O–H groups in total. The lowest BCUT2D eigenvalue weighted by molar-refractivity contribution is -0.136. The van der Waals surface area contributed by atoms with E-state index in [0.29, 0.717) is 12.2 Å². The fourth-order valence-corrected chi connectivity index (χ4v) is 4.19. The molecule has 8 nitrogen and oxygen atoms in total. The molecule has 0 radical (unpaired) electrons. The third kappa shape index (κ3) is 4.55. The molecule has 0 aromatic carbocycles. The Kier molecular flexibility index (Phi) is 5.96. The monoisotopic (exact) mass is 389 g/mol. The van der Waals surface area contributed by atoms with Crippen molar-refractivity contribution in [3.8, 4) is 0 Å². The van der Waals surface area contributed by atoms with Crippen LogP contribution in [0.3, 0.4) is 0 Å². The summed E-state index contributed by atoms with van der Waals surface area (Å²) in [5.41, 5.74) is 1.35. The third-order valence-corrected chi connectivity index (χ3v) is 6.02. The highest BCUT2D eigenvalue weighted by Crippen LogP contribution is 2.32. The number of H-pyrrole nitrogens is 1. The number of nitrogens with zero attached hydrogens (tertiary/aromatic N) is 4. The molecule has 8 heteroatoms. The number of aromatic amines is 1. The summed E-state index contributed by atoms with van der Waals surface area (Å²) in [5, 5.41) is 6.96. The van der Waals surface area contributed by atoms with E-state index in [-0.39, 0.29) is 23.8 Å². The minimum Gasteiger partial charge on any atom is -0.379 e. The number of hydrogen-bond acceptors (Lipinski definition) is 5. The molecule has 2 amide bonds. The van der Waals surface area contributed by atoms with Gasteiger partial charge in [-0.05, 0) is 38.7 Å². The van der Waals surface area contributed by atoms with Crippen LogP contribution in [0.2, 0.25) is 0 Å². The van der Waals surface area contributed by atoms with Crippen LogP contribution in [0.4, 0.5) is 0 Å². The molecule has 1 saturated carbocycles. The lowest BCUT2D eigenvalue weighted by Gasteiger charge is -2.40. The largest absolute Gasteiger partial charge is 0.379 e. The molecule has 3 heterocycles. The lowest BCUT2D eigenvalue weighted by atomic mass is 10.0. The SMILES string of the molecule is Cc1cc(C(=O)N2CCCC(N(CCN3CCOCC3)C(=O)C3CC3)C2)n[nH]1. The van der Waals surface area contributed by atoms with Crippen LogP contribution in [-0.2, 0) is 9.53 Å². The smallest absolute Gasteiger partial charge is 0.274 e. The zero-order valence-corrected chi connectivity index (χ0v) is 16.7. The highest BCUT2D eigenvalue weighted by Gasteiger charge is 2.38. The second-order valence-corrected chi connectivity index (χ2v) is 8.24. The topological polar surface area (TPSA) is 81.8 Å². The fourth-order valence-electron chi connectivity index (χ4n) is 4.19. The van der Waals surface area contributed by atoms with Crippen LogP contribution in [0, 0.1) is 12.8 Å². The quantitative estimate of drug-likeness (QED) is 0.782. The Bertz CT molecular complexity index is 696. The Morgan fingerprint density at radius 2 is 2.04 bits per heavy atom. The van der Waals surface area contributed by atoms with Gasteiger partial charge < -0.3 is 14.5 Å². The van der Waals surface area contributed by atoms with Crippen LogP contribution in [0.5, 0.6) is 0 Å². The van der Waals surface area contributed by atoms with E-state index in [2.05, 4.69) is 20.0 Å². The van der Waals surface area contributed by atoms with Crippen LogP contribution >= 0.6 is 0 Å². The summed E-state index contributed by atoms with van der Waals surface area (Å²) < 4.78 is 5.43. The van der Waals surface area contributed by atoms with E-state index in [4.69, 9.17) is 4.74 Å². The minimum atomic E-state index is -0.0407. The van der Waals surface area contributed by atoms with E-state index in [1.54, 1.807) is 6.07 Å². The standard InChI is InChI=1S/C20H31N5O3/c1-15-13-18(22-21-15)20(27)24-6-2-3-17(14-24)25(19(26)16-4-5-16)8-7-23-9-11-28-12-10-23/h13,16-17H,2-12,14H2,1H3,(H,21,22). The van der Waals surface area contributed by atoms with E-state index in [0.717, 1.165) is 77.3 Å². The molecule has 3 fully saturated rings. The van der Waals surface area contributed by atoms with Crippen LogP contribution < -0.4 is 0 Å². The molecular formula is C20H31N5O3. The number of carbonyl (C=O) groups excluding carboxylic acids is 2. The number of likely N-dealkylation sites (tertiary alicyclic amines) is 1. The van der Waals surface area contributed by atoms with Gasteiger partial charge in [-0.2, -0.15) is 5.10 Å². The summed E-state index contributed by atoms with van der Waals surface area (Å²) in [6.07, 6.45) is 3.90. The first-order valence-corrected chi connectivity index (χ1v) is 10.5. The van der Waals surface area contributed by atoms with Crippen molar-refractivity contribution in [2.24, 2.45) is 5.92 Å². The number of aromatic nitrogens is 2. The minimum absolute atomic E-state index is 0.0407. The lowest BCUT2D eigenvalue weighted by Crippen LogP contribution is -2.54. The van der Waals surface area contributed by atoms with Gasteiger partial charge in [0, 0.05) is 56.9 Å². The number of hydrogen-bond donors (Lipinski definition) is 1. The number of nitrogens with one attached hydrogen (secondary N) is 1. The highest BCUT2D eigenvalue weighted by atomic mass is 16.5. The Balaban J connectivity index is 1.41. The number of piperidine rings is 1. The second kappa shape index (κ2) is 8.61. The maximum absolute atomic E-state index is 13.0. The average Bonchev–Trinajstić information content (AvgIpc) is 3.49. The normalized spacial score (nSPS) is 23.6. The molecule has 1 unspecified atom stereocenters. The fraction of sp³-hybridized carbons (Fsp3) is 0.750. The van der Waals surface area contributed by atoms with Gasteiger partial charge in [0.25, 0.3) is 5.91 Å². The van der Waals surface area contributed by atoms with Crippen molar-refractivity contribution in [3.05, 3.63) is 17.5 Å². The molecule has 2 aliphatic heterocycles. The van der Waals surface area contributed by atoms with Crippen molar-refractivity contribution in [1.82, 2.24) is 24.9 Å². The van der Waals surface area contributed by atoms with E-state index < -0.39 is 0 Å². The Morgan fingerprint density at radius 3 is 2.71 bits per heavy atom. The van der Waals surface area contributed by atoms with Gasteiger partial charge in [0.15, 0.2) is 0 Å². The molecule has 1 atom stereocenters. The average molecular weight is 390 g/mol. The maximum atomic E-state index is 13.0. The Morgan fingerprint density at radius 1 is 1.25 bits per heavy atom. The first-order chi connectivity index (χ1) is 13.6. The summed E-state index contributed by atoms with van der Waals surface area (Å²) in [6, 6.07) is 1.89. The Labute approximate surface area is 166 Å². The van der Waals surface area contributed by atoms with Crippen molar-refractivity contribution < 1.29 is 14.3 Å². The van der Waals surface area contributed by atoms with Crippen molar-refractivity contribution in [2.75, 3.05) is 52.5 Å². The third-order valence-electron chi connectivity index (χ3n) is 6.02. The number of ether oxygens (including phenoxy) is 1. The number of rotatable bonds is 6. The van der Waals surface area contributed by atoms with Gasteiger partial charge in [-0.25, -0.2) is 0 Å². The Hall–Kier alpha value is -1.93. The van der Waals surface area contributed by atoms with E-state index >= 15 is 0 Å². The van der Waals surface area contributed by atoms with Crippen LogP contribution in [-0.4, -0.2) is 95.2 Å². The molecule has 0 bridgehead atoms. The van der Waals surface area contributed by atoms with E-state index in [9.17, 15) is 9.59 Å². The van der Waals surface area contributed by atoms with Gasteiger partial charge in [0.2, 0.25) is 5.91 Å².